The van der Waals surface area contributed by atoms with Crippen LogP contribution in [0.15, 0.2) is 77.6 Å². The van der Waals surface area contributed by atoms with Crippen molar-refractivity contribution in [3.63, 3.8) is 0 Å². The lowest BCUT2D eigenvalue weighted by Gasteiger charge is -2.38. The van der Waals surface area contributed by atoms with Gasteiger partial charge in [-0.3, -0.25) is 19.4 Å². The predicted octanol–water partition coefficient (Wildman–Crippen LogP) is 7.25. The van der Waals surface area contributed by atoms with Crippen LogP contribution in [0, 0.1) is 17.3 Å². The van der Waals surface area contributed by atoms with Gasteiger partial charge in [0.25, 0.3) is 0 Å². The Balaban J connectivity index is 1.21. The Labute approximate surface area is 289 Å². The number of carboxylic acids is 1. The fourth-order valence-corrected chi connectivity index (χ4v) is 6.06. The summed E-state index contributed by atoms with van der Waals surface area (Å²) in [5.41, 5.74) is 4.06. The fraction of sp³-hybridized carbons (Fsp3) is 0.450. The smallest absolute Gasteiger partial charge is 0.310 e. The van der Waals surface area contributed by atoms with Crippen molar-refractivity contribution in [1.82, 2.24) is 14.9 Å². The summed E-state index contributed by atoms with van der Waals surface area (Å²) in [6.45, 7) is 9.49. The normalized spacial score (nSPS) is 16.6. The number of allylic oxidation sites excluding steroid dienone is 1. The van der Waals surface area contributed by atoms with Crippen molar-refractivity contribution in [3.05, 3.63) is 78.1 Å². The lowest BCUT2D eigenvalue weighted by Crippen LogP contribution is -2.55. The highest BCUT2D eigenvalue weighted by Gasteiger charge is 2.39. The van der Waals surface area contributed by atoms with Gasteiger partial charge in [0.1, 0.15) is 5.75 Å². The SMILES string of the molecule is CCCCCCCOc1ccc(-c2cnc(-c3ccc(C[C@H](CC(=O)C4=CC(C(C)(C)C)N=C4)C(=O)N4CC(C(=O)O)C4)cc3)nc2)cc1. The van der Waals surface area contributed by atoms with Crippen molar-refractivity contribution < 1.29 is 24.2 Å². The number of unbranched alkanes of at least 4 members (excludes halogenated alkanes) is 4. The first kappa shape index (κ1) is 35.6. The number of carbonyl (C=O) groups excluding carboxylic acids is 2. The minimum atomic E-state index is -0.908. The van der Waals surface area contributed by atoms with Gasteiger partial charge in [-0.1, -0.05) is 89.8 Å². The Kier molecular flexibility index (Phi) is 11.8. The molecular weight excluding hydrogens is 616 g/mol. The van der Waals surface area contributed by atoms with Crippen LogP contribution < -0.4 is 4.74 Å². The lowest BCUT2D eigenvalue weighted by molar-refractivity contribution is -0.155. The Bertz CT molecular complexity index is 1650. The molecule has 9 heteroatoms. The van der Waals surface area contributed by atoms with Crippen molar-refractivity contribution in [2.45, 2.75) is 78.7 Å². The number of ether oxygens (including phenoxy) is 1. The van der Waals surface area contributed by atoms with E-state index in [4.69, 9.17) is 4.74 Å². The molecule has 258 valence electrons. The number of carbonyl (C=O) groups is 3. The topological polar surface area (TPSA) is 122 Å². The number of hydrogen-bond acceptors (Lipinski definition) is 7. The minimum absolute atomic E-state index is 0.0280. The summed E-state index contributed by atoms with van der Waals surface area (Å²) < 4.78 is 5.89. The molecule has 0 aliphatic carbocycles. The van der Waals surface area contributed by atoms with E-state index in [1.165, 1.54) is 25.7 Å². The first-order valence-corrected chi connectivity index (χ1v) is 17.5. The van der Waals surface area contributed by atoms with Crippen LogP contribution in [0.2, 0.25) is 0 Å². The molecule has 0 spiro atoms. The Hall–Kier alpha value is -4.66. The number of carboxylic acid groups (broad SMARTS) is 1. The van der Waals surface area contributed by atoms with Gasteiger partial charge in [0.2, 0.25) is 5.91 Å². The number of nitrogens with zero attached hydrogens (tertiary/aromatic N) is 4. The molecule has 2 aliphatic heterocycles. The number of aliphatic carboxylic acids is 1. The van der Waals surface area contributed by atoms with Gasteiger partial charge in [-0.05, 0) is 47.6 Å². The monoisotopic (exact) mass is 664 g/mol. The molecule has 2 aliphatic rings. The molecule has 1 fully saturated rings. The second kappa shape index (κ2) is 16.2. The van der Waals surface area contributed by atoms with E-state index in [-0.39, 0.29) is 42.7 Å². The van der Waals surface area contributed by atoms with E-state index in [1.807, 2.05) is 67.0 Å². The molecule has 5 rings (SSSR count). The Morgan fingerprint density at radius 1 is 0.898 bits per heavy atom. The summed E-state index contributed by atoms with van der Waals surface area (Å²) in [7, 11) is 0. The van der Waals surface area contributed by atoms with E-state index in [0.717, 1.165) is 41.0 Å². The molecule has 0 bridgehead atoms. The average molecular weight is 665 g/mol. The van der Waals surface area contributed by atoms with Crippen molar-refractivity contribution in [1.29, 1.82) is 0 Å². The van der Waals surface area contributed by atoms with Crippen LogP contribution in [-0.2, 0) is 20.8 Å². The van der Waals surface area contributed by atoms with Crippen LogP contribution in [0.4, 0.5) is 0 Å². The molecule has 3 heterocycles. The number of rotatable bonds is 16. The number of benzene rings is 2. The third-order valence-electron chi connectivity index (χ3n) is 9.29. The van der Waals surface area contributed by atoms with Crippen molar-refractivity contribution in [3.8, 4) is 28.3 Å². The number of aromatic nitrogens is 2. The van der Waals surface area contributed by atoms with Crippen LogP contribution in [0.5, 0.6) is 5.75 Å². The highest BCUT2D eigenvalue weighted by molar-refractivity contribution is 6.15. The first-order valence-electron chi connectivity index (χ1n) is 17.5. The zero-order valence-electron chi connectivity index (χ0n) is 29.1. The molecule has 49 heavy (non-hydrogen) atoms. The maximum absolute atomic E-state index is 13.5. The van der Waals surface area contributed by atoms with Gasteiger partial charge in [-0.2, -0.15) is 0 Å². The van der Waals surface area contributed by atoms with E-state index in [0.29, 0.717) is 17.8 Å². The number of likely N-dealkylation sites (tertiary alicyclic amines) is 1. The van der Waals surface area contributed by atoms with Crippen LogP contribution in [0.25, 0.3) is 22.5 Å². The van der Waals surface area contributed by atoms with E-state index >= 15 is 0 Å². The molecule has 1 aromatic heterocycles. The van der Waals surface area contributed by atoms with Gasteiger partial charge in [-0.25, -0.2) is 9.97 Å². The molecule has 1 unspecified atom stereocenters. The number of aliphatic imine (C=N–C) groups is 1. The predicted molar refractivity (Wildman–Crippen MR) is 191 cm³/mol. The Morgan fingerprint density at radius 3 is 2.16 bits per heavy atom. The molecule has 1 saturated heterocycles. The second-order valence-electron chi connectivity index (χ2n) is 14.3. The first-order chi connectivity index (χ1) is 23.5. The zero-order chi connectivity index (χ0) is 35.0. The van der Waals surface area contributed by atoms with Crippen LogP contribution >= 0.6 is 0 Å². The van der Waals surface area contributed by atoms with Crippen molar-refractivity contribution in [2.24, 2.45) is 22.2 Å². The molecule has 2 atom stereocenters. The molecular formula is C40H48N4O5. The average Bonchev–Trinajstić information content (AvgIpc) is 3.58. The summed E-state index contributed by atoms with van der Waals surface area (Å²) in [4.78, 5) is 53.5. The Morgan fingerprint density at radius 2 is 1.55 bits per heavy atom. The van der Waals surface area contributed by atoms with Gasteiger partial charge >= 0.3 is 5.97 Å². The van der Waals surface area contributed by atoms with Gasteiger partial charge in [-0.15, -0.1) is 0 Å². The fourth-order valence-electron chi connectivity index (χ4n) is 6.06. The van der Waals surface area contributed by atoms with E-state index in [2.05, 4.69) is 42.7 Å². The zero-order valence-corrected chi connectivity index (χ0v) is 29.1. The summed E-state index contributed by atoms with van der Waals surface area (Å²) in [6, 6.07) is 15.6. The van der Waals surface area contributed by atoms with Crippen LogP contribution in [0.1, 0.15) is 71.8 Å². The molecule has 2 aromatic carbocycles. The number of ketones is 1. The highest BCUT2D eigenvalue weighted by atomic mass is 16.5. The van der Waals surface area contributed by atoms with Gasteiger partial charge in [0, 0.05) is 60.7 Å². The largest absolute Gasteiger partial charge is 0.494 e. The van der Waals surface area contributed by atoms with E-state index < -0.39 is 17.8 Å². The third-order valence-corrected chi connectivity index (χ3v) is 9.29. The van der Waals surface area contributed by atoms with Gasteiger partial charge in [0.15, 0.2) is 11.6 Å². The van der Waals surface area contributed by atoms with Gasteiger partial charge < -0.3 is 14.7 Å². The summed E-state index contributed by atoms with van der Waals surface area (Å²) in [6.07, 6.45) is 13.5. The molecule has 9 nitrogen and oxygen atoms in total. The maximum Gasteiger partial charge on any atom is 0.310 e. The third kappa shape index (κ3) is 9.49. The van der Waals surface area contributed by atoms with Crippen LogP contribution in [-0.4, -0.2) is 69.6 Å². The molecule has 3 aromatic rings. The number of Topliss-reactive ketones (excluding diaryl/α,β-unsaturated/α-hetero) is 1. The van der Waals surface area contributed by atoms with Crippen LogP contribution in [0.3, 0.4) is 0 Å². The van der Waals surface area contributed by atoms with Crippen molar-refractivity contribution >= 4 is 23.9 Å². The molecule has 0 saturated carbocycles. The molecule has 0 radical (unpaired) electrons. The van der Waals surface area contributed by atoms with E-state index in [1.54, 1.807) is 11.1 Å². The van der Waals surface area contributed by atoms with Crippen molar-refractivity contribution in [2.75, 3.05) is 19.7 Å². The maximum atomic E-state index is 13.5. The summed E-state index contributed by atoms with van der Waals surface area (Å²) in [5, 5.41) is 9.31. The molecule has 1 amide bonds. The summed E-state index contributed by atoms with van der Waals surface area (Å²) >= 11 is 0. The number of hydrogen-bond donors (Lipinski definition) is 1. The highest BCUT2D eigenvalue weighted by Crippen LogP contribution is 2.30. The molecule has 1 N–H and O–H groups in total. The number of amides is 1. The standard InChI is InChI=1S/C40H48N4O5/c1-5-6-7-8-9-18-49-34-16-14-28(15-17-34)32-23-42-37(43-24-32)29-12-10-27(11-13-29)19-30(38(46)44-25-33(26-44)39(47)48)20-35(45)31-21-36(41-22-31)40(2,3)4/h10-17,21-24,30,33,36H,5-9,18-20,25-26H2,1-4H3,(H,47,48)/t30-,36?/m1/s1. The summed E-state index contributed by atoms with van der Waals surface area (Å²) in [5.74, 6) is -0.969. The quantitative estimate of drug-likeness (QED) is 0.160. The lowest BCUT2D eigenvalue weighted by atomic mass is 9.86. The second-order valence-corrected chi connectivity index (χ2v) is 14.3. The van der Waals surface area contributed by atoms with Gasteiger partial charge in [0.05, 0.1) is 18.6 Å². The van der Waals surface area contributed by atoms with E-state index in [9.17, 15) is 19.5 Å². The minimum Gasteiger partial charge on any atom is -0.494 e.